The molecule has 6 rings (SSSR count). The number of halogens is 6. The molecule has 1 aliphatic rings. The number of thiazole rings is 1. The summed E-state index contributed by atoms with van der Waals surface area (Å²) < 4.78 is 81.0. The van der Waals surface area contributed by atoms with E-state index < -0.39 is 45.6 Å². The Labute approximate surface area is 271 Å². The number of rotatable bonds is 7. The average molecular weight is 687 g/mol. The number of alkyl halides is 6. The molecule has 3 aromatic carbocycles. The summed E-state index contributed by atoms with van der Waals surface area (Å²) in [7, 11) is 0. The smallest absolute Gasteiger partial charge is 0.290 e. The quantitative estimate of drug-likeness (QED) is 0.148. The Morgan fingerprint density at radius 1 is 0.917 bits per heavy atom. The van der Waals surface area contributed by atoms with E-state index in [0.717, 1.165) is 31.2 Å². The zero-order valence-electron chi connectivity index (χ0n) is 24.6. The molecule has 10 nitrogen and oxygen atoms in total. The van der Waals surface area contributed by atoms with Crippen LogP contribution in [0.3, 0.4) is 0 Å². The molecule has 5 aromatic rings. The van der Waals surface area contributed by atoms with E-state index in [1.54, 1.807) is 24.3 Å². The lowest BCUT2D eigenvalue weighted by Crippen LogP contribution is -2.34. The molecule has 0 bridgehead atoms. The first kappa shape index (κ1) is 32.6. The second-order valence-electron chi connectivity index (χ2n) is 10.8. The van der Waals surface area contributed by atoms with Crippen LogP contribution in [0.4, 0.5) is 47.9 Å². The number of hydrogen-bond donors (Lipinski definition) is 3. The largest absolute Gasteiger partial charge is 0.417 e. The first-order valence-electron chi connectivity index (χ1n) is 14.5. The molecule has 0 saturated heterocycles. The Morgan fingerprint density at radius 2 is 1.67 bits per heavy atom. The Bertz CT molecular complexity index is 1970. The molecule has 0 saturated carbocycles. The number of benzene rings is 3. The zero-order valence-corrected chi connectivity index (χ0v) is 25.4. The van der Waals surface area contributed by atoms with E-state index in [0.29, 0.717) is 28.7 Å². The molecule has 2 aromatic heterocycles. The van der Waals surface area contributed by atoms with E-state index in [4.69, 9.17) is 0 Å². The predicted octanol–water partition coefficient (Wildman–Crippen LogP) is 8.30. The van der Waals surface area contributed by atoms with Gasteiger partial charge in [-0.25, -0.2) is 9.78 Å². The minimum absolute atomic E-state index is 0.0220. The number of aromatic nitrogens is 5. The minimum atomic E-state index is -5.09. The second kappa shape index (κ2) is 13.1. The SMILES string of the molecule is O=C(Nc1nn[nH]n1)c1ccc(CN(C(=O)Nc2nc3cc(C(F)(F)F)cc(C(F)(F)F)c3s2)c2ccc(C3=CCCCC3)cc2)cc1. The number of nitrogens with one attached hydrogen (secondary N) is 3. The third kappa shape index (κ3) is 7.30. The van der Waals surface area contributed by atoms with Crippen LogP contribution >= 0.6 is 11.3 Å². The molecule has 17 heteroatoms. The summed E-state index contributed by atoms with van der Waals surface area (Å²) >= 11 is 0.419. The molecule has 0 fully saturated rings. The highest BCUT2D eigenvalue weighted by molar-refractivity contribution is 7.22. The van der Waals surface area contributed by atoms with Crippen LogP contribution < -0.4 is 15.5 Å². The van der Waals surface area contributed by atoms with Crippen LogP contribution in [-0.4, -0.2) is 37.5 Å². The summed E-state index contributed by atoms with van der Waals surface area (Å²) in [5, 5.41) is 17.5. The second-order valence-corrected chi connectivity index (χ2v) is 11.8. The molecular weight excluding hydrogens is 662 g/mol. The number of H-pyrrole nitrogens is 1. The van der Waals surface area contributed by atoms with Gasteiger partial charge in [0, 0.05) is 11.3 Å². The number of carbonyl (C=O) groups is 2. The van der Waals surface area contributed by atoms with Crippen molar-refractivity contribution in [1.82, 2.24) is 25.6 Å². The van der Waals surface area contributed by atoms with Crippen LogP contribution in [0.1, 0.15) is 58.3 Å². The molecule has 0 unspecified atom stereocenters. The molecule has 2 heterocycles. The highest BCUT2D eigenvalue weighted by atomic mass is 32.1. The lowest BCUT2D eigenvalue weighted by atomic mass is 9.93. The summed E-state index contributed by atoms with van der Waals surface area (Å²) in [6.45, 7) is -0.0441. The molecule has 3 amide bonds. The van der Waals surface area contributed by atoms with Crippen molar-refractivity contribution < 1.29 is 35.9 Å². The molecule has 1 aliphatic carbocycles. The van der Waals surface area contributed by atoms with Crippen LogP contribution in [0.5, 0.6) is 0 Å². The molecule has 0 atom stereocenters. The Hall–Kier alpha value is -5.32. The number of amides is 3. The van der Waals surface area contributed by atoms with E-state index in [1.807, 2.05) is 12.1 Å². The third-order valence-electron chi connectivity index (χ3n) is 7.55. The number of urea groups is 1. The van der Waals surface area contributed by atoms with Gasteiger partial charge < -0.3 is 0 Å². The number of anilines is 3. The number of hydrogen-bond acceptors (Lipinski definition) is 7. The van der Waals surface area contributed by atoms with Gasteiger partial charge in [-0.3, -0.25) is 20.3 Å². The van der Waals surface area contributed by atoms with Crippen molar-refractivity contribution in [3.63, 3.8) is 0 Å². The summed E-state index contributed by atoms with van der Waals surface area (Å²) in [6, 6.07) is 13.2. The molecule has 3 N–H and O–H groups in total. The molecule has 0 aliphatic heterocycles. The number of fused-ring (bicyclic) bond motifs is 1. The van der Waals surface area contributed by atoms with Gasteiger partial charge in [0.1, 0.15) is 0 Å². The highest BCUT2D eigenvalue weighted by Gasteiger charge is 2.39. The van der Waals surface area contributed by atoms with Crippen LogP contribution in [-0.2, 0) is 18.9 Å². The lowest BCUT2D eigenvalue weighted by Gasteiger charge is -2.23. The van der Waals surface area contributed by atoms with Crippen molar-refractivity contribution in [2.45, 2.75) is 44.6 Å². The Balaban J connectivity index is 1.29. The molecule has 248 valence electrons. The first-order valence-corrected chi connectivity index (χ1v) is 15.3. The van der Waals surface area contributed by atoms with Crippen molar-refractivity contribution in [2.24, 2.45) is 0 Å². The maximum absolute atomic E-state index is 13.8. The number of carbonyl (C=O) groups excluding carboxylic acids is 2. The van der Waals surface area contributed by atoms with Crippen molar-refractivity contribution in [2.75, 3.05) is 15.5 Å². The van der Waals surface area contributed by atoms with Crippen molar-refractivity contribution >= 4 is 55.8 Å². The Morgan fingerprint density at radius 3 is 2.29 bits per heavy atom. The van der Waals surface area contributed by atoms with Gasteiger partial charge in [-0.1, -0.05) is 46.8 Å². The molecule has 48 heavy (non-hydrogen) atoms. The normalized spacial score (nSPS) is 13.7. The van der Waals surface area contributed by atoms with Gasteiger partial charge >= 0.3 is 18.4 Å². The maximum atomic E-state index is 13.8. The number of nitrogens with zero attached hydrogens (tertiary/aromatic N) is 5. The molecule has 0 spiro atoms. The van der Waals surface area contributed by atoms with Gasteiger partial charge in [0.15, 0.2) is 5.13 Å². The Kier molecular flexibility index (Phi) is 8.87. The minimum Gasteiger partial charge on any atom is -0.290 e. The topological polar surface area (TPSA) is 129 Å². The van der Waals surface area contributed by atoms with E-state index in [2.05, 4.69) is 42.3 Å². The fourth-order valence-corrected chi connectivity index (χ4v) is 6.16. The highest BCUT2D eigenvalue weighted by Crippen LogP contribution is 2.43. The first-order chi connectivity index (χ1) is 22.8. The van der Waals surface area contributed by atoms with Crippen molar-refractivity contribution in [1.29, 1.82) is 0 Å². The summed E-state index contributed by atoms with van der Waals surface area (Å²) in [5.74, 6) is -0.529. The zero-order chi connectivity index (χ0) is 34.1. The maximum Gasteiger partial charge on any atom is 0.417 e. The van der Waals surface area contributed by atoms with Gasteiger partial charge in [-0.05, 0) is 84.0 Å². The molecular formula is C31H24F6N8O2S. The lowest BCUT2D eigenvalue weighted by molar-refractivity contribution is -0.142. The van der Waals surface area contributed by atoms with Gasteiger partial charge in [0.25, 0.3) is 11.9 Å². The van der Waals surface area contributed by atoms with Crippen LogP contribution in [0, 0.1) is 0 Å². The van der Waals surface area contributed by atoms with Gasteiger partial charge in [0.2, 0.25) is 0 Å². The fraction of sp³-hybridized carbons (Fsp3) is 0.226. The standard InChI is InChI=1S/C31H24F6N8O2S/c32-30(33,34)21-14-23(31(35,36)37)25-24(15-21)38-28(48-25)40-29(47)45(22-12-10-19(11-13-22)18-4-2-1-3-5-18)16-17-6-8-20(9-7-17)26(46)39-27-41-43-44-42-27/h4,6-15H,1-3,5,16H2,(H,38,40,47)(H2,39,41,42,43,44,46). The van der Waals surface area contributed by atoms with Crippen molar-refractivity contribution in [3.8, 4) is 0 Å². The van der Waals surface area contributed by atoms with Crippen molar-refractivity contribution in [3.05, 3.63) is 94.6 Å². The van der Waals surface area contributed by atoms with Gasteiger partial charge in [-0.15, -0.1) is 5.10 Å². The fourth-order valence-electron chi connectivity index (χ4n) is 5.19. The average Bonchev–Trinajstić information content (AvgIpc) is 3.72. The summed E-state index contributed by atoms with van der Waals surface area (Å²) in [5.41, 5.74) is -0.106. The van der Waals surface area contributed by atoms with Crippen LogP contribution in [0.15, 0.2) is 66.7 Å². The third-order valence-corrected chi connectivity index (χ3v) is 8.57. The predicted molar refractivity (Wildman–Crippen MR) is 166 cm³/mol. The van der Waals surface area contributed by atoms with E-state index >= 15 is 0 Å². The summed E-state index contributed by atoms with van der Waals surface area (Å²) in [6.07, 6.45) is -3.90. The number of allylic oxidation sites excluding steroid dienone is 2. The summed E-state index contributed by atoms with van der Waals surface area (Å²) in [4.78, 5) is 31.5. The van der Waals surface area contributed by atoms with Crippen LogP contribution in [0.2, 0.25) is 0 Å². The van der Waals surface area contributed by atoms with E-state index in [-0.39, 0.29) is 29.3 Å². The van der Waals surface area contributed by atoms with Gasteiger partial charge in [0.05, 0.1) is 27.9 Å². The van der Waals surface area contributed by atoms with E-state index in [1.165, 1.54) is 22.6 Å². The van der Waals surface area contributed by atoms with Crippen LogP contribution in [0.25, 0.3) is 15.8 Å². The number of aromatic amines is 1. The van der Waals surface area contributed by atoms with E-state index in [9.17, 15) is 35.9 Å². The number of tetrazole rings is 1. The molecule has 0 radical (unpaired) electrons. The monoisotopic (exact) mass is 686 g/mol. The van der Waals surface area contributed by atoms with Gasteiger partial charge in [-0.2, -0.15) is 31.6 Å².